The zero-order valence-corrected chi connectivity index (χ0v) is 10.1. The van der Waals surface area contributed by atoms with Crippen LogP contribution >= 0.6 is 0 Å². The number of hydrogen-bond acceptors (Lipinski definition) is 5. The molecular formula is C13H15N3O2. The minimum Gasteiger partial charge on any atom is -0.392 e. The van der Waals surface area contributed by atoms with Crippen molar-refractivity contribution >= 4 is 0 Å². The summed E-state index contributed by atoms with van der Waals surface area (Å²) in [5.41, 5.74) is 2.11. The molecule has 1 aliphatic rings. The summed E-state index contributed by atoms with van der Waals surface area (Å²) in [6.45, 7) is 2.60. The van der Waals surface area contributed by atoms with Crippen molar-refractivity contribution in [3.8, 4) is 11.4 Å². The number of aromatic nitrogens is 2. The normalized spacial score (nSPS) is 23.4. The van der Waals surface area contributed by atoms with E-state index in [1.165, 1.54) is 0 Å². The summed E-state index contributed by atoms with van der Waals surface area (Å²) in [5, 5.41) is 16.6. The van der Waals surface area contributed by atoms with Crippen LogP contribution in [-0.2, 0) is 0 Å². The molecule has 1 unspecified atom stereocenters. The lowest BCUT2D eigenvalue weighted by atomic mass is 10.1. The van der Waals surface area contributed by atoms with Gasteiger partial charge in [0, 0.05) is 12.1 Å². The van der Waals surface area contributed by atoms with Gasteiger partial charge in [-0.25, -0.2) is 0 Å². The minimum atomic E-state index is -0.329. The number of nitrogens with zero attached hydrogens (tertiary/aromatic N) is 2. The molecule has 2 N–H and O–H groups in total. The fraction of sp³-hybridized carbons (Fsp3) is 0.385. The summed E-state index contributed by atoms with van der Waals surface area (Å²) in [7, 11) is 0. The quantitative estimate of drug-likeness (QED) is 0.837. The first-order valence-corrected chi connectivity index (χ1v) is 6.04. The molecule has 1 fully saturated rings. The van der Waals surface area contributed by atoms with E-state index >= 15 is 0 Å². The maximum absolute atomic E-state index is 9.47. The summed E-state index contributed by atoms with van der Waals surface area (Å²) in [5.74, 6) is 1.14. The topological polar surface area (TPSA) is 71.2 Å². The number of aliphatic hydroxyl groups excluding tert-OH is 1. The number of β-amino-alcohol motifs (C(OH)–C–C–N with tert-alkyl or cyclic N) is 1. The van der Waals surface area contributed by atoms with Gasteiger partial charge in [-0.1, -0.05) is 28.9 Å². The molecule has 1 aromatic carbocycles. The van der Waals surface area contributed by atoms with Crippen LogP contribution in [0.5, 0.6) is 0 Å². The van der Waals surface area contributed by atoms with E-state index < -0.39 is 0 Å². The third-order valence-electron chi connectivity index (χ3n) is 3.12. The smallest absolute Gasteiger partial charge is 0.244 e. The largest absolute Gasteiger partial charge is 0.392 e. The minimum absolute atomic E-state index is 0.0361. The van der Waals surface area contributed by atoms with Crippen molar-refractivity contribution in [1.82, 2.24) is 15.5 Å². The molecule has 5 heteroatoms. The van der Waals surface area contributed by atoms with Gasteiger partial charge in [-0.05, 0) is 19.4 Å². The highest BCUT2D eigenvalue weighted by Gasteiger charge is 2.28. The molecule has 0 aliphatic carbocycles. The molecule has 3 rings (SSSR count). The van der Waals surface area contributed by atoms with Gasteiger partial charge in [-0.3, -0.25) is 0 Å². The van der Waals surface area contributed by atoms with Gasteiger partial charge in [0.05, 0.1) is 12.1 Å². The van der Waals surface area contributed by atoms with E-state index in [0.717, 1.165) is 11.1 Å². The van der Waals surface area contributed by atoms with E-state index in [-0.39, 0.29) is 12.1 Å². The fourth-order valence-electron chi connectivity index (χ4n) is 2.18. The molecule has 0 saturated carbocycles. The number of rotatable bonds is 2. The predicted molar refractivity (Wildman–Crippen MR) is 65.8 cm³/mol. The van der Waals surface area contributed by atoms with Gasteiger partial charge in [-0.15, -0.1) is 0 Å². The average Bonchev–Trinajstić information content (AvgIpc) is 2.97. The Morgan fingerprint density at radius 3 is 3.06 bits per heavy atom. The second kappa shape index (κ2) is 4.51. The molecule has 18 heavy (non-hydrogen) atoms. The highest BCUT2D eigenvalue weighted by Crippen LogP contribution is 2.24. The van der Waals surface area contributed by atoms with Crippen molar-refractivity contribution < 1.29 is 9.63 Å². The third kappa shape index (κ3) is 2.14. The lowest BCUT2D eigenvalue weighted by molar-refractivity contribution is 0.191. The van der Waals surface area contributed by atoms with Gasteiger partial charge in [-0.2, -0.15) is 4.98 Å². The lowest BCUT2D eigenvalue weighted by Gasteiger charge is -2.01. The van der Waals surface area contributed by atoms with E-state index in [1.54, 1.807) is 0 Å². The molecular weight excluding hydrogens is 230 g/mol. The first-order valence-electron chi connectivity index (χ1n) is 6.04. The Balaban J connectivity index is 1.85. The van der Waals surface area contributed by atoms with Crippen LogP contribution in [0.1, 0.15) is 23.9 Å². The SMILES string of the molecule is Cc1cccc(-c2noc([C@@H]3CC(O)CN3)n2)c1. The Labute approximate surface area is 105 Å². The van der Waals surface area contributed by atoms with Crippen LogP contribution in [0.15, 0.2) is 28.8 Å². The Kier molecular flexibility index (Phi) is 2.85. The van der Waals surface area contributed by atoms with Gasteiger partial charge < -0.3 is 14.9 Å². The molecule has 5 nitrogen and oxygen atoms in total. The Hall–Kier alpha value is -1.72. The molecule has 2 aromatic rings. The van der Waals surface area contributed by atoms with Crippen molar-refractivity contribution in [3.05, 3.63) is 35.7 Å². The van der Waals surface area contributed by atoms with E-state index in [9.17, 15) is 5.11 Å². The average molecular weight is 245 g/mol. The third-order valence-corrected chi connectivity index (χ3v) is 3.12. The zero-order valence-electron chi connectivity index (χ0n) is 10.1. The van der Waals surface area contributed by atoms with Gasteiger partial charge in [0.15, 0.2) is 0 Å². The molecule has 1 aromatic heterocycles. The molecule has 2 atom stereocenters. The Bertz CT molecular complexity index is 553. The van der Waals surface area contributed by atoms with Crippen LogP contribution in [-0.4, -0.2) is 27.9 Å². The monoisotopic (exact) mass is 245 g/mol. The molecule has 94 valence electrons. The maximum atomic E-state index is 9.47. The van der Waals surface area contributed by atoms with Crippen molar-refractivity contribution in [3.63, 3.8) is 0 Å². The molecule has 0 bridgehead atoms. The number of nitrogens with one attached hydrogen (secondary N) is 1. The molecule has 0 radical (unpaired) electrons. The van der Waals surface area contributed by atoms with Crippen LogP contribution in [0.25, 0.3) is 11.4 Å². The maximum Gasteiger partial charge on any atom is 0.244 e. The molecule has 0 spiro atoms. The second-order valence-corrected chi connectivity index (χ2v) is 4.68. The van der Waals surface area contributed by atoms with Crippen LogP contribution in [0.2, 0.25) is 0 Å². The number of benzene rings is 1. The van der Waals surface area contributed by atoms with Crippen molar-refractivity contribution in [2.75, 3.05) is 6.54 Å². The fourth-order valence-corrected chi connectivity index (χ4v) is 2.18. The molecule has 1 saturated heterocycles. The lowest BCUT2D eigenvalue weighted by Crippen LogP contribution is -2.15. The van der Waals surface area contributed by atoms with Crippen molar-refractivity contribution in [1.29, 1.82) is 0 Å². The Morgan fingerprint density at radius 2 is 2.33 bits per heavy atom. The highest BCUT2D eigenvalue weighted by atomic mass is 16.5. The number of aliphatic hydroxyl groups is 1. The second-order valence-electron chi connectivity index (χ2n) is 4.68. The van der Waals surface area contributed by atoms with Crippen LogP contribution in [0.3, 0.4) is 0 Å². The van der Waals surface area contributed by atoms with Crippen LogP contribution in [0, 0.1) is 6.92 Å². The summed E-state index contributed by atoms with van der Waals surface area (Å²) in [6.07, 6.45) is 0.291. The first-order chi connectivity index (χ1) is 8.72. The van der Waals surface area contributed by atoms with Crippen molar-refractivity contribution in [2.24, 2.45) is 0 Å². The van der Waals surface area contributed by atoms with Crippen LogP contribution in [0.4, 0.5) is 0 Å². The van der Waals surface area contributed by atoms with Gasteiger partial charge >= 0.3 is 0 Å². The molecule has 1 aliphatic heterocycles. The zero-order chi connectivity index (χ0) is 12.5. The summed E-state index contributed by atoms with van der Waals surface area (Å²) < 4.78 is 5.26. The summed E-state index contributed by atoms with van der Waals surface area (Å²) in [6, 6.07) is 7.94. The summed E-state index contributed by atoms with van der Waals surface area (Å²) in [4.78, 5) is 4.39. The standard InChI is InChI=1S/C13H15N3O2/c1-8-3-2-4-9(5-8)12-15-13(18-16-12)11-6-10(17)7-14-11/h2-5,10-11,14,17H,6-7H2,1H3/t10?,11-/m0/s1. The Morgan fingerprint density at radius 1 is 1.44 bits per heavy atom. The van der Waals surface area contributed by atoms with Crippen LogP contribution < -0.4 is 5.32 Å². The van der Waals surface area contributed by atoms with E-state index in [4.69, 9.17) is 4.52 Å². The van der Waals surface area contributed by atoms with E-state index in [0.29, 0.717) is 24.7 Å². The molecule has 0 amide bonds. The predicted octanol–water partition coefficient (Wildman–Crippen LogP) is 1.44. The summed E-state index contributed by atoms with van der Waals surface area (Å²) >= 11 is 0. The van der Waals surface area contributed by atoms with E-state index in [1.807, 2.05) is 31.2 Å². The first kappa shape index (κ1) is 11.4. The van der Waals surface area contributed by atoms with Gasteiger partial charge in [0.25, 0.3) is 0 Å². The van der Waals surface area contributed by atoms with Crippen molar-refractivity contribution in [2.45, 2.75) is 25.5 Å². The van der Waals surface area contributed by atoms with Gasteiger partial charge in [0.2, 0.25) is 11.7 Å². The molecule has 2 heterocycles. The van der Waals surface area contributed by atoms with E-state index in [2.05, 4.69) is 15.5 Å². The number of aryl methyl sites for hydroxylation is 1. The number of hydrogen-bond donors (Lipinski definition) is 2. The highest BCUT2D eigenvalue weighted by molar-refractivity contribution is 5.55. The van der Waals surface area contributed by atoms with Gasteiger partial charge in [0.1, 0.15) is 0 Å².